The maximum atomic E-state index is 9.37. The fraction of sp³-hybridized carbons (Fsp3) is 0.692. The molecule has 98 valence electrons. The first-order valence-corrected chi connectivity index (χ1v) is 7.30. The molecule has 0 saturated heterocycles. The van der Waals surface area contributed by atoms with Crippen LogP contribution in [0.2, 0.25) is 0 Å². The van der Waals surface area contributed by atoms with Crippen LogP contribution in [0.5, 0.6) is 0 Å². The smallest absolute Gasteiger partial charge is 0.256 e. The predicted molar refractivity (Wildman–Crippen MR) is 71.4 cm³/mol. The molecule has 1 heterocycles. The lowest BCUT2D eigenvalue weighted by Gasteiger charge is -2.22. The van der Waals surface area contributed by atoms with Crippen LogP contribution in [0.3, 0.4) is 0 Å². The summed E-state index contributed by atoms with van der Waals surface area (Å²) in [6.45, 7) is 4.95. The van der Waals surface area contributed by atoms with E-state index < -0.39 is 0 Å². The zero-order valence-corrected chi connectivity index (χ0v) is 11.7. The van der Waals surface area contributed by atoms with Gasteiger partial charge in [0.15, 0.2) is 0 Å². The van der Waals surface area contributed by atoms with Gasteiger partial charge in [0.2, 0.25) is 0 Å². The number of nitrogens with zero attached hydrogens (tertiary/aromatic N) is 2. The number of hydrogen-bond acceptors (Lipinski definition) is 5. The Balaban J connectivity index is 1.92. The van der Waals surface area contributed by atoms with Crippen LogP contribution in [-0.4, -0.2) is 22.3 Å². The van der Waals surface area contributed by atoms with Gasteiger partial charge in [-0.25, -0.2) is 4.98 Å². The zero-order chi connectivity index (χ0) is 13.0. The van der Waals surface area contributed by atoms with Crippen LogP contribution < -0.4 is 5.32 Å². The highest BCUT2D eigenvalue weighted by molar-refractivity contribution is 7.99. The third-order valence-corrected chi connectivity index (χ3v) is 4.39. The SMILES string of the molecule is CCCNC1(C#N)CCC(Sc2nc(C)co2)C1. The van der Waals surface area contributed by atoms with Crippen molar-refractivity contribution in [3.63, 3.8) is 0 Å². The van der Waals surface area contributed by atoms with Gasteiger partial charge in [-0.05, 0) is 39.2 Å². The molecule has 1 aliphatic rings. The second-order valence-electron chi connectivity index (χ2n) is 4.86. The topological polar surface area (TPSA) is 61.9 Å². The van der Waals surface area contributed by atoms with E-state index in [1.54, 1.807) is 18.0 Å². The van der Waals surface area contributed by atoms with Gasteiger partial charge in [0, 0.05) is 5.25 Å². The molecule has 1 saturated carbocycles. The summed E-state index contributed by atoms with van der Waals surface area (Å²) in [7, 11) is 0. The minimum absolute atomic E-state index is 0.338. The largest absolute Gasteiger partial charge is 0.440 e. The summed E-state index contributed by atoms with van der Waals surface area (Å²) >= 11 is 1.65. The minimum Gasteiger partial charge on any atom is -0.440 e. The average molecular weight is 265 g/mol. The molecule has 18 heavy (non-hydrogen) atoms. The number of hydrogen-bond donors (Lipinski definition) is 1. The fourth-order valence-corrected chi connectivity index (χ4v) is 3.48. The van der Waals surface area contributed by atoms with Crippen LogP contribution in [0, 0.1) is 18.3 Å². The first-order chi connectivity index (χ1) is 8.67. The Bertz CT molecular complexity index is 440. The number of rotatable bonds is 5. The monoisotopic (exact) mass is 265 g/mol. The molecule has 0 aromatic carbocycles. The Morgan fingerprint density at radius 2 is 2.56 bits per heavy atom. The van der Waals surface area contributed by atoms with E-state index >= 15 is 0 Å². The third-order valence-electron chi connectivity index (χ3n) is 3.26. The summed E-state index contributed by atoms with van der Waals surface area (Å²) in [6.07, 6.45) is 5.55. The molecular formula is C13H19N3OS. The first-order valence-electron chi connectivity index (χ1n) is 6.42. The molecule has 1 N–H and O–H groups in total. The normalized spacial score (nSPS) is 27.3. The second-order valence-corrected chi connectivity index (χ2v) is 6.11. The average Bonchev–Trinajstić information content (AvgIpc) is 2.95. The molecule has 4 nitrogen and oxygen atoms in total. The van der Waals surface area contributed by atoms with Gasteiger partial charge in [-0.15, -0.1) is 0 Å². The molecule has 0 amide bonds. The van der Waals surface area contributed by atoms with Gasteiger partial charge in [-0.2, -0.15) is 5.26 Å². The highest BCUT2D eigenvalue weighted by atomic mass is 32.2. The Morgan fingerprint density at radius 1 is 1.72 bits per heavy atom. The van der Waals surface area contributed by atoms with Crippen LogP contribution in [-0.2, 0) is 0 Å². The van der Waals surface area contributed by atoms with Crippen molar-refractivity contribution in [1.29, 1.82) is 5.26 Å². The quantitative estimate of drug-likeness (QED) is 0.887. The van der Waals surface area contributed by atoms with Crippen molar-refractivity contribution in [3.05, 3.63) is 12.0 Å². The van der Waals surface area contributed by atoms with Crippen molar-refractivity contribution >= 4 is 11.8 Å². The van der Waals surface area contributed by atoms with Gasteiger partial charge >= 0.3 is 0 Å². The molecule has 0 radical (unpaired) electrons. The van der Waals surface area contributed by atoms with E-state index in [2.05, 4.69) is 23.3 Å². The van der Waals surface area contributed by atoms with E-state index in [0.717, 1.165) is 43.1 Å². The van der Waals surface area contributed by atoms with Gasteiger partial charge in [-0.3, -0.25) is 5.32 Å². The lowest BCUT2D eigenvalue weighted by molar-refractivity contribution is 0.423. The molecule has 0 aliphatic heterocycles. The number of nitriles is 1. The van der Waals surface area contributed by atoms with Crippen LogP contribution >= 0.6 is 11.8 Å². The molecule has 0 bridgehead atoms. The molecule has 2 rings (SSSR count). The molecule has 2 atom stereocenters. The van der Waals surface area contributed by atoms with Crippen molar-refractivity contribution in [2.45, 2.75) is 55.5 Å². The van der Waals surface area contributed by atoms with Crippen molar-refractivity contribution in [3.8, 4) is 6.07 Å². The first kappa shape index (κ1) is 13.4. The molecule has 5 heteroatoms. The lowest BCUT2D eigenvalue weighted by Crippen LogP contribution is -2.42. The zero-order valence-electron chi connectivity index (χ0n) is 10.9. The van der Waals surface area contributed by atoms with E-state index in [4.69, 9.17) is 4.42 Å². The van der Waals surface area contributed by atoms with Gasteiger partial charge in [0.05, 0.1) is 11.8 Å². The Morgan fingerprint density at radius 3 is 3.17 bits per heavy atom. The molecule has 1 aromatic heterocycles. The van der Waals surface area contributed by atoms with E-state index in [-0.39, 0.29) is 5.54 Å². The minimum atomic E-state index is -0.338. The molecular weight excluding hydrogens is 246 g/mol. The molecule has 1 aromatic rings. The number of aryl methyl sites for hydroxylation is 1. The second kappa shape index (κ2) is 5.77. The third kappa shape index (κ3) is 3.06. The maximum absolute atomic E-state index is 9.37. The summed E-state index contributed by atoms with van der Waals surface area (Å²) in [5, 5.41) is 13.9. The standard InChI is InChI=1S/C13H19N3OS/c1-3-6-15-13(9-14)5-4-11(7-13)18-12-16-10(2)8-17-12/h8,11,15H,3-7H2,1-2H3. The maximum Gasteiger partial charge on any atom is 0.256 e. The number of nitrogens with one attached hydrogen (secondary N) is 1. The van der Waals surface area contributed by atoms with Crippen LogP contribution in [0.25, 0.3) is 0 Å². The van der Waals surface area contributed by atoms with Crippen LogP contribution in [0.1, 0.15) is 38.3 Å². The predicted octanol–water partition coefficient (Wildman–Crippen LogP) is 2.89. The van der Waals surface area contributed by atoms with E-state index in [1.807, 2.05) is 6.92 Å². The fourth-order valence-electron chi connectivity index (χ4n) is 2.30. The molecule has 1 fully saturated rings. The summed E-state index contributed by atoms with van der Waals surface area (Å²) in [4.78, 5) is 4.30. The van der Waals surface area contributed by atoms with Crippen LogP contribution in [0.15, 0.2) is 15.9 Å². The van der Waals surface area contributed by atoms with Crippen LogP contribution in [0.4, 0.5) is 0 Å². The highest BCUT2D eigenvalue weighted by Gasteiger charge is 2.39. The van der Waals surface area contributed by atoms with E-state index in [9.17, 15) is 5.26 Å². The summed E-state index contributed by atoms with van der Waals surface area (Å²) < 4.78 is 5.36. The van der Waals surface area contributed by atoms with Crippen molar-refractivity contribution in [1.82, 2.24) is 10.3 Å². The van der Waals surface area contributed by atoms with E-state index in [0.29, 0.717) is 5.25 Å². The van der Waals surface area contributed by atoms with Gasteiger partial charge in [-0.1, -0.05) is 18.7 Å². The van der Waals surface area contributed by atoms with Crippen molar-refractivity contribution in [2.24, 2.45) is 0 Å². The molecule has 1 aliphatic carbocycles. The summed E-state index contributed by atoms with van der Waals surface area (Å²) in [5.74, 6) is 0. The summed E-state index contributed by atoms with van der Waals surface area (Å²) in [6, 6.07) is 2.46. The van der Waals surface area contributed by atoms with Gasteiger partial charge in [0.25, 0.3) is 5.22 Å². The Hall–Kier alpha value is -0.990. The summed E-state index contributed by atoms with van der Waals surface area (Å²) in [5.41, 5.74) is 0.570. The van der Waals surface area contributed by atoms with Gasteiger partial charge < -0.3 is 4.42 Å². The molecule has 2 unspecified atom stereocenters. The van der Waals surface area contributed by atoms with Gasteiger partial charge in [0.1, 0.15) is 11.8 Å². The Kier molecular flexibility index (Phi) is 4.31. The Labute approximate surface area is 112 Å². The molecule has 0 spiro atoms. The number of oxazole rings is 1. The number of thioether (sulfide) groups is 1. The number of aromatic nitrogens is 1. The lowest BCUT2D eigenvalue weighted by atomic mass is 10.00. The van der Waals surface area contributed by atoms with Crippen molar-refractivity contribution < 1.29 is 4.42 Å². The van der Waals surface area contributed by atoms with E-state index in [1.165, 1.54) is 0 Å². The highest BCUT2D eigenvalue weighted by Crippen LogP contribution is 2.39. The van der Waals surface area contributed by atoms with Crippen molar-refractivity contribution in [2.75, 3.05) is 6.54 Å².